The molecule has 0 bridgehead atoms. The summed E-state index contributed by atoms with van der Waals surface area (Å²) in [6.45, 7) is 2.33. The second kappa shape index (κ2) is 9.39. The van der Waals surface area contributed by atoms with Crippen molar-refractivity contribution in [3.8, 4) is 11.5 Å². The van der Waals surface area contributed by atoms with E-state index < -0.39 is 0 Å². The van der Waals surface area contributed by atoms with Gasteiger partial charge in [-0.3, -0.25) is 4.79 Å². The van der Waals surface area contributed by atoms with Crippen molar-refractivity contribution in [1.82, 2.24) is 15.3 Å². The van der Waals surface area contributed by atoms with Crippen molar-refractivity contribution < 1.29 is 14.3 Å². The number of nitrogens with zero attached hydrogens (tertiary/aromatic N) is 2. The second-order valence-corrected chi connectivity index (χ2v) is 7.04. The van der Waals surface area contributed by atoms with Crippen LogP contribution in [0.2, 0.25) is 0 Å². The third kappa shape index (κ3) is 5.12. The summed E-state index contributed by atoms with van der Waals surface area (Å²) in [4.78, 5) is 21.3. The van der Waals surface area contributed by atoms with Crippen molar-refractivity contribution in [2.24, 2.45) is 0 Å². The molecule has 1 amide bonds. The number of amides is 1. The van der Waals surface area contributed by atoms with E-state index in [0.717, 1.165) is 18.4 Å². The summed E-state index contributed by atoms with van der Waals surface area (Å²) in [6, 6.07) is 7.69. The van der Waals surface area contributed by atoms with Gasteiger partial charge in [0.1, 0.15) is 17.3 Å². The Morgan fingerprint density at radius 3 is 2.54 bits per heavy atom. The summed E-state index contributed by atoms with van der Waals surface area (Å²) >= 11 is 0. The van der Waals surface area contributed by atoms with Gasteiger partial charge in [-0.2, -0.15) is 0 Å². The minimum atomic E-state index is -0.133. The molecule has 150 valence electrons. The molecule has 1 saturated carbocycles. The summed E-state index contributed by atoms with van der Waals surface area (Å²) in [5.41, 5.74) is 1.41. The lowest BCUT2D eigenvalue weighted by molar-refractivity contribution is 0.0922. The van der Waals surface area contributed by atoms with Gasteiger partial charge in [-0.1, -0.05) is 25.3 Å². The number of ether oxygens (including phenoxy) is 2. The molecule has 0 spiro atoms. The summed E-state index contributed by atoms with van der Waals surface area (Å²) in [5, 5.41) is 6.37. The fourth-order valence-corrected chi connectivity index (χ4v) is 3.46. The molecule has 0 saturated heterocycles. The van der Waals surface area contributed by atoms with Crippen LogP contribution in [-0.2, 0) is 6.54 Å². The molecule has 1 aromatic carbocycles. The predicted molar refractivity (Wildman–Crippen MR) is 108 cm³/mol. The molecule has 7 heteroatoms. The first-order valence-electron chi connectivity index (χ1n) is 9.70. The average molecular weight is 384 g/mol. The van der Waals surface area contributed by atoms with Crippen molar-refractivity contribution in [2.75, 3.05) is 19.5 Å². The van der Waals surface area contributed by atoms with Gasteiger partial charge in [0, 0.05) is 18.7 Å². The summed E-state index contributed by atoms with van der Waals surface area (Å²) in [5.74, 6) is 2.41. The quantitative estimate of drug-likeness (QED) is 0.760. The fraction of sp³-hybridized carbons (Fsp3) is 0.476. The molecule has 1 fully saturated rings. The third-order valence-electron chi connectivity index (χ3n) is 4.93. The SMILES string of the molecule is COc1ccc(CNc2cc(C(=O)NC3CCCCC3)nc(C)n2)cc1OC. The molecule has 0 aliphatic heterocycles. The molecule has 7 nitrogen and oxygen atoms in total. The number of hydrogen-bond donors (Lipinski definition) is 2. The number of aromatic nitrogens is 2. The van der Waals surface area contributed by atoms with E-state index in [1.807, 2.05) is 18.2 Å². The average Bonchev–Trinajstić information content (AvgIpc) is 2.72. The van der Waals surface area contributed by atoms with Crippen LogP contribution in [0.4, 0.5) is 5.82 Å². The Morgan fingerprint density at radius 1 is 1.07 bits per heavy atom. The van der Waals surface area contributed by atoms with Crippen molar-refractivity contribution in [2.45, 2.75) is 51.6 Å². The Hall–Kier alpha value is -2.83. The summed E-state index contributed by atoms with van der Waals surface area (Å²) in [6.07, 6.45) is 5.68. The molecule has 1 heterocycles. The fourth-order valence-electron chi connectivity index (χ4n) is 3.46. The molecule has 28 heavy (non-hydrogen) atoms. The molecule has 1 aliphatic carbocycles. The molecule has 3 rings (SSSR count). The predicted octanol–water partition coefficient (Wildman–Crippen LogP) is 3.48. The monoisotopic (exact) mass is 384 g/mol. The lowest BCUT2D eigenvalue weighted by atomic mass is 9.95. The van der Waals surface area contributed by atoms with Crippen LogP contribution in [0.1, 0.15) is 54.0 Å². The number of carbonyl (C=O) groups is 1. The lowest BCUT2D eigenvalue weighted by Crippen LogP contribution is -2.36. The Balaban J connectivity index is 1.66. The zero-order valence-corrected chi connectivity index (χ0v) is 16.7. The van der Waals surface area contributed by atoms with Crippen molar-refractivity contribution in [3.05, 3.63) is 41.3 Å². The Morgan fingerprint density at radius 2 is 1.82 bits per heavy atom. The maximum Gasteiger partial charge on any atom is 0.270 e. The summed E-state index contributed by atoms with van der Waals surface area (Å²) in [7, 11) is 3.22. The van der Waals surface area contributed by atoms with Crippen molar-refractivity contribution in [1.29, 1.82) is 0 Å². The zero-order valence-electron chi connectivity index (χ0n) is 16.7. The minimum Gasteiger partial charge on any atom is -0.493 e. The molecule has 0 radical (unpaired) electrons. The minimum absolute atomic E-state index is 0.133. The third-order valence-corrected chi connectivity index (χ3v) is 4.93. The van der Waals surface area contributed by atoms with Crippen LogP contribution in [-0.4, -0.2) is 36.1 Å². The maximum absolute atomic E-state index is 12.6. The first kappa shape index (κ1) is 19.9. The van der Waals surface area contributed by atoms with Gasteiger partial charge in [0.2, 0.25) is 0 Å². The summed E-state index contributed by atoms with van der Waals surface area (Å²) < 4.78 is 10.6. The number of anilines is 1. The second-order valence-electron chi connectivity index (χ2n) is 7.04. The first-order chi connectivity index (χ1) is 13.6. The molecule has 0 atom stereocenters. The Kier molecular flexibility index (Phi) is 6.68. The van der Waals surface area contributed by atoms with Gasteiger partial charge in [-0.15, -0.1) is 0 Å². The van der Waals surface area contributed by atoms with E-state index in [2.05, 4.69) is 20.6 Å². The van der Waals surface area contributed by atoms with Gasteiger partial charge in [-0.05, 0) is 37.5 Å². The molecule has 1 aromatic heterocycles. The highest BCUT2D eigenvalue weighted by Crippen LogP contribution is 2.27. The number of rotatable bonds is 7. The molecule has 2 N–H and O–H groups in total. The van der Waals surface area contributed by atoms with Crippen LogP contribution in [0.25, 0.3) is 0 Å². The zero-order chi connectivity index (χ0) is 19.9. The van der Waals surface area contributed by atoms with Gasteiger partial charge in [0.25, 0.3) is 5.91 Å². The van der Waals surface area contributed by atoms with E-state index in [9.17, 15) is 4.79 Å². The molecular formula is C21H28N4O3. The van der Waals surface area contributed by atoms with Gasteiger partial charge in [0.15, 0.2) is 11.5 Å². The van der Waals surface area contributed by atoms with Gasteiger partial charge >= 0.3 is 0 Å². The van der Waals surface area contributed by atoms with E-state index in [0.29, 0.717) is 35.4 Å². The van der Waals surface area contributed by atoms with Crippen LogP contribution in [0.5, 0.6) is 11.5 Å². The van der Waals surface area contributed by atoms with Crippen LogP contribution in [0, 0.1) is 6.92 Å². The molecule has 2 aromatic rings. The number of carbonyl (C=O) groups excluding carboxylic acids is 1. The van der Waals surface area contributed by atoms with Gasteiger partial charge in [0.05, 0.1) is 14.2 Å². The standard InChI is InChI=1S/C21H28N4O3/c1-14-23-17(21(26)25-16-7-5-4-6-8-16)12-20(24-14)22-13-15-9-10-18(27-2)19(11-15)28-3/h9-12,16H,4-8,13H2,1-3H3,(H,25,26)(H,22,23,24). The Bertz CT molecular complexity index is 819. The van der Waals surface area contributed by atoms with Crippen LogP contribution < -0.4 is 20.1 Å². The first-order valence-corrected chi connectivity index (χ1v) is 9.70. The highest BCUT2D eigenvalue weighted by Gasteiger charge is 2.18. The highest BCUT2D eigenvalue weighted by molar-refractivity contribution is 5.93. The van der Waals surface area contributed by atoms with Crippen molar-refractivity contribution >= 4 is 11.7 Å². The molecular weight excluding hydrogens is 356 g/mol. The van der Waals surface area contributed by atoms with Crippen LogP contribution >= 0.6 is 0 Å². The molecule has 0 unspecified atom stereocenters. The van der Waals surface area contributed by atoms with E-state index in [1.54, 1.807) is 27.2 Å². The number of aryl methyl sites for hydroxylation is 1. The van der Waals surface area contributed by atoms with E-state index in [4.69, 9.17) is 9.47 Å². The Labute approximate surface area is 165 Å². The smallest absolute Gasteiger partial charge is 0.270 e. The maximum atomic E-state index is 12.6. The largest absolute Gasteiger partial charge is 0.493 e. The lowest BCUT2D eigenvalue weighted by Gasteiger charge is -2.22. The van der Waals surface area contributed by atoms with Gasteiger partial charge in [-0.25, -0.2) is 9.97 Å². The van der Waals surface area contributed by atoms with E-state index in [-0.39, 0.29) is 11.9 Å². The number of nitrogens with one attached hydrogen (secondary N) is 2. The van der Waals surface area contributed by atoms with E-state index in [1.165, 1.54) is 19.3 Å². The number of hydrogen-bond acceptors (Lipinski definition) is 6. The van der Waals surface area contributed by atoms with Crippen molar-refractivity contribution in [3.63, 3.8) is 0 Å². The number of benzene rings is 1. The normalized spacial score (nSPS) is 14.4. The van der Waals surface area contributed by atoms with Gasteiger partial charge < -0.3 is 20.1 Å². The number of methoxy groups -OCH3 is 2. The van der Waals surface area contributed by atoms with Crippen LogP contribution in [0.15, 0.2) is 24.3 Å². The van der Waals surface area contributed by atoms with E-state index >= 15 is 0 Å². The van der Waals surface area contributed by atoms with Crippen LogP contribution in [0.3, 0.4) is 0 Å². The molecule has 1 aliphatic rings. The highest BCUT2D eigenvalue weighted by atomic mass is 16.5. The topological polar surface area (TPSA) is 85.4 Å².